The number of hydrogen-bond donors (Lipinski definition) is 4. The van der Waals surface area contributed by atoms with Crippen LogP contribution in [0.5, 0.6) is 0 Å². The quantitative estimate of drug-likeness (QED) is 0.449. The summed E-state index contributed by atoms with van der Waals surface area (Å²) in [6, 6.07) is 16.1. The Morgan fingerprint density at radius 1 is 0.774 bits per heavy atom. The maximum atomic E-state index is 12.2. The van der Waals surface area contributed by atoms with Crippen molar-refractivity contribution >= 4 is 23.4 Å². The number of aromatic nitrogens is 2. The molecule has 8 heteroatoms. The van der Waals surface area contributed by atoms with Crippen LogP contribution in [0.2, 0.25) is 0 Å². The van der Waals surface area contributed by atoms with Gasteiger partial charge in [0.2, 0.25) is 0 Å². The van der Waals surface area contributed by atoms with Crippen molar-refractivity contribution < 1.29 is 9.59 Å². The molecular weight excluding hydrogens is 392 g/mol. The average Bonchev–Trinajstić information content (AvgIpc) is 2.77. The van der Waals surface area contributed by atoms with E-state index in [9.17, 15) is 9.59 Å². The minimum absolute atomic E-state index is 0.309. The van der Waals surface area contributed by atoms with Crippen molar-refractivity contribution in [1.29, 1.82) is 0 Å². The highest BCUT2D eigenvalue weighted by Gasteiger charge is 2.08. The zero-order valence-electron chi connectivity index (χ0n) is 17.4. The maximum Gasteiger partial charge on any atom is 0.319 e. The van der Waals surface area contributed by atoms with Crippen LogP contribution in [0.15, 0.2) is 67.0 Å². The Morgan fingerprint density at radius 3 is 1.90 bits per heavy atom. The molecule has 1 aromatic carbocycles. The minimum atomic E-state index is -0.314. The second-order valence-corrected chi connectivity index (χ2v) is 6.93. The van der Waals surface area contributed by atoms with Gasteiger partial charge in [-0.15, -0.1) is 0 Å². The maximum absolute atomic E-state index is 12.2. The van der Waals surface area contributed by atoms with Crippen molar-refractivity contribution in [1.82, 2.24) is 20.6 Å². The standard InChI is InChI=1S/C23H26N6O2/c1-17-8-9-20(28-22(30)26-14-10-18-6-2-4-12-24-18)16-21(17)29-23(31)27-15-11-19-7-3-5-13-25-19/h2-9,12-13,16H,10-11,14-15H2,1H3,(H2,26,28,30)(H2,27,29,31). The molecule has 0 spiro atoms. The summed E-state index contributed by atoms with van der Waals surface area (Å²) < 4.78 is 0. The van der Waals surface area contributed by atoms with Gasteiger partial charge in [0.1, 0.15) is 0 Å². The molecule has 0 atom stereocenters. The fraction of sp³-hybridized carbons (Fsp3) is 0.217. The van der Waals surface area contributed by atoms with E-state index in [1.807, 2.05) is 49.4 Å². The van der Waals surface area contributed by atoms with E-state index in [1.165, 1.54) is 0 Å². The first-order valence-corrected chi connectivity index (χ1v) is 10.1. The summed E-state index contributed by atoms with van der Waals surface area (Å²) in [6.45, 7) is 2.83. The number of aryl methyl sites for hydroxylation is 1. The molecule has 0 unspecified atom stereocenters. The molecule has 31 heavy (non-hydrogen) atoms. The van der Waals surface area contributed by atoms with Gasteiger partial charge >= 0.3 is 12.1 Å². The molecule has 8 nitrogen and oxygen atoms in total. The number of carbonyl (C=O) groups is 2. The normalized spacial score (nSPS) is 10.2. The summed E-state index contributed by atoms with van der Waals surface area (Å²) in [4.78, 5) is 32.8. The molecular formula is C23H26N6O2. The van der Waals surface area contributed by atoms with Gasteiger partial charge in [0.25, 0.3) is 0 Å². The fourth-order valence-corrected chi connectivity index (χ4v) is 2.88. The summed E-state index contributed by atoms with van der Waals surface area (Å²) in [6.07, 6.45) is 4.75. The molecule has 3 rings (SSSR count). The van der Waals surface area contributed by atoms with Crippen LogP contribution in [0.4, 0.5) is 21.0 Å². The largest absolute Gasteiger partial charge is 0.337 e. The van der Waals surface area contributed by atoms with Gasteiger partial charge in [-0.1, -0.05) is 18.2 Å². The fourth-order valence-electron chi connectivity index (χ4n) is 2.88. The highest BCUT2D eigenvalue weighted by Crippen LogP contribution is 2.20. The van der Waals surface area contributed by atoms with Crippen LogP contribution >= 0.6 is 0 Å². The first-order chi connectivity index (χ1) is 15.1. The molecule has 3 aromatic rings. The second kappa shape index (κ2) is 11.3. The van der Waals surface area contributed by atoms with Gasteiger partial charge in [-0.2, -0.15) is 0 Å². The van der Waals surface area contributed by atoms with Crippen LogP contribution in [0.3, 0.4) is 0 Å². The molecule has 0 fully saturated rings. The SMILES string of the molecule is Cc1ccc(NC(=O)NCCc2ccccn2)cc1NC(=O)NCCc1ccccn1. The summed E-state index contributed by atoms with van der Waals surface area (Å²) in [7, 11) is 0. The Labute approximate surface area is 181 Å². The number of carbonyl (C=O) groups excluding carboxylic acids is 2. The molecule has 4 amide bonds. The number of nitrogens with zero attached hydrogens (tertiary/aromatic N) is 2. The van der Waals surface area contributed by atoms with Crippen molar-refractivity contribution in [3.63, 3.8) is 0 Å². The number of amides is 4. The number of urea groups is 2. The van der Waals surface area contributed by atoms with E-state index in [1.54, 1.807) is 24.5 Å². The number of nitrogens with one attached hydrogen (secondary N) is 4. The Morgan fingerprint density at radius 2 is 1.35 bits per heavy atom. The Hall–Kier alpha value is -3.94. The van der Waals surface area contributed by atoms with Crippen molar-refractivity contribution in [3.8, 4) is 0 Å². The molecule has 160 valence electrons. The van der Waals surface area contributed by atoms with Crippen molar-refractivity contribution in [2.75, 3.05) is 23.7 Å². The number of benzene rings is 1. The lowest BCUT2D eigenvalue weighted by Gasteiger charge is -2.13. The molecule has 2 heterocycles. The molecule has 0 aliphatic heterocycles. The summed E-state index contributed by atoms with van der Waals surface area (Å²) in [5, 5.41) is 11.2. The Kier molecular flexibility index (Phi) is 7.93. The predicted octanol–water partition coefficient (Wildman–Crippen LogP) is 3.51. The van der Waals surface area contributed by atoms with Crippen LogP contribution in [0, 0.1) is 6.92 Å². The molecule has 0 bridgehead atoms. The van der Waals surface area contributed by atoms with Gasteiger partial charge in [0, 0.05) is 61.1 Å². The van der Waals surface area contributed by atoms with E-state index >= 15 is 0 Å². The molecule has 0 saturated carbocycles. The number of pyridine rings is 2. The summed E-state index contributed by atoms with van der Waals surface area (Å²) in [5.74, 6) is 0. The number of hydrogen-bond acceptors (Lipinski definition) is 4. The third-order valence-corrected chi connectivity index (χ3v) is 4.53. The van der Waals surface area contributed by atoms with Crippen molar-refractivity contribution in [2.45, 2.75) is 19.8 Å². The molecule has 0 aliphatic carbocycles. The minimum Gasteiger partial charge on any atom is -0.337 e. The topological polar surface area (TPSA) is 108 Å². The van der Waals surface area contributed by atoms with Crippen LogP contribution in [-0.2, 0) is 12.8 Å². The van der Waals surface area contributed by atoms with Gasteiger partial charge in [-0.25, -0.2) is 9.59 Å². The predicted molar refractivity (Wildman–Crippen MR) is 121 cm³/mol. The van der Waals surface area contributed by atoms with Crippen LogP contribution < -0.4 is 21.3 Å². The second-order valence-electron chi connectivity index (χ2n) is 6.93. The Balaban J connectivity index is 1.45. The first kappa shape index (κ1) is 21.8. The summed E-state index contributed by atoms with van der Waals surface area (Å²) >= 11 is 0. The van der Waals surface area contributed by atoms with E-state index in [4.69, 9.17) is 0 Å². The van der Waals surface area contributed by atoms with Crippen molar-refractivity contribution in [2.24, 2.45) is 0 Å². The highest BCUT2D eigenvalue weighted by molar-refractivity contribution is 5.93. The molecule has 0 aliphatic rings. The van der Waals surface area contributed by atoms with E-state index < -0.39 is 0 Å². The van der Waals surface area contributed by atoms with Crippen LogP contribution in [0.1, 0.15) is 17.0 Å². The average molecular weight is 419 g/mol. The summed E-state index contributed by atoms with van der Waals surface area (Å²) in [5.41, 5.74) is 3.94. The van der Waals surface area contributed by atoms with E-state index in [0.29, 0.717) is 37.3 Å². The van der Waals surface area contributed by atoms with Gasteiger partial charge in [-0.3, -0.25) is 9.97 Å². The number of anilines is 2. The van der Waals surface area contributed by atoms with Gasteiger partial charge in [0.15, 0.2) is 0 Å². The smallest absolute Gasteiger partial charge is 0.319 e. The third kappa shape index (κ3) is 7.43. The first-order valence-electron chi connectivity index (χ1n) is 10.1. The van der Waals surface area contributed by atoms with Crippen LogP contribution in [0.25, 0.3) is 0 Å². The van der Waals surface area contributed by atoms with E-state index in [-0.39, 0.29) is 12.1 Å². The highest BCUT2D eigenvalue weighted by atomic mass is 16.2. The monoisotopic (exact) mass is 418 g/mol. The van der Waals surface area contributed by atoms with E-state index in [2.05, 4.69) is 31.2 Å². The molecule has 4 N–H and O–H groups in total. The van der Waals surface area contributed by atoms with Gasteiger partial charge in [-0.05, 0) is 48.9 Å². The molecule has 0 radical (unpaired) electrons. The van der Waals surface area contributed by atoms with Gasteiger partial charge < -0.3 is 21.3 Å². The molecule has 0 saturated heterocycles. The van der Waals surface area contributed by atoms with Gasteiger partial charge in [0.05, 0.1) is 0 Å². The Bertz CT molecular complexity index is 995. The number of rotatable bonds is 8. The zero-order valence-corrected chi connectivity index (χ0v) is 17.4. The van der Waals surface area contributed by atoms with Crippen LogP contribution in [-0.4, -0.2) is 35.1 Å². The van der Waals surface area contributed by atoms with E-state index in [0.717, 1.165) is 17.0 Å². The lowest BCUT2D eigenvalue weighted by atomic mass is 10.2. The zero-order chi connectivity index (χ0) is 21.9. The lowest BCUT2D eigenvalue weighted by Crippen LogP contribution is -2.31. The third-order valence-electron chi connectivity index (χ3n) is 4.53. The molecule has 2 aromatic heterocycles. The lowest BCUT2D eigenvalue weighted by molar-refractivity contribution is 0.251. The van der Waals surface area contributed by atoms with Crippen molar-refractivity contribution in [3.05, 3.63) is 83.9 Å².